The van der Waals surface area contributed by atoms with Crippen LogP contribution in [0.5, 0.6) is 0 Å². The van der Waals surface area contributed by atoms with Crippen LogP contribution in [-0.2, 0) is 23.9 Å². The first kappa shape index (κ1) is 97.2. The maximum absolute atomic E-state index is 11.4. The topological polar surface area (TPSA) is 255 Å². The Hall–Kier alpha value is -6.98. The number of hydrogen-bond acceptors (Lipinski definition) is 22. The van der Waals surface area contributed by atoms with Gasteiger partial charge in [0.05, 0.1) is 91.9 Å². The Morgan fingerprint density at radius 2 is 0.882 bits per heavy atom. The lowest BCUT2D eigenvalue weighted by Crippen LogP contribution is -2.47. The van der Waals surface area contributed by atoms with Gasteiger partial charge in [-0.3, -0.25) is 44.0 Å². The normalized spacial score (nSPS) is 12.7. The van der Waals surface area contributed by atoms with E-state index in [0.29, 0.717) is 51.7 Å². The van der Waals surface area contributed by atoms with Gasteiger partial charge in [-0.15, -0.1) is 46.4 Å². The third-order valence-corrected chi connectivity index (χ3v) is 17.6. The van der Waals surface area contributed by atoms with E-state index in [0.717, 1.165) is 135 Å². The molecule has 2 aliphatic rings. The average Bonchev–Trinajstić information content (AvgIpc) is 1.84. The number of rotatable bonds is 19. The van der Waals surface area contributed by atoms with Gasteiger partial charge in [-0.1, -0.05) is 66.7 Å². The minimum Gasteiger partial charge on any atom is -0.399 e. The van der Waals surface area contributed by atoms with E-state index in [9.17, 15) is 14.4 Å². The molecule has 2 aliphatic heterocycles. The third-order valence-electron chi connectivity index (χ3n) is 14.8. The molecule has 2 saturated heterocycles. The van der Waals surface area contributed by atoms with Crippen molar-refractivity contribution in [1.29, 1.82) is 0 Å². The summed E-state index contributed by atoms with van der Waals surface area (Å²) in [6.07, 6.45) is 10.8. The van der Waals surface area contributed by atoms with Crippen molar-refractivity contribution in [2.45, 2.75) is 134 Å². The molecule has 9 aromatic rings. The number of nitrogens with two attached hydrogens (primary N) is 1. The fourth-order valence-corrected chi connectivity index (χ4v) is 11.5. The number of hydrogen-bond donors (Lipinski definition) is 7. The van der Waals surface area contributed by atoms with Crippen molar-refractivity contribution in [1.82, 2.24) is 49.9 Å². The highest BCUT2D eigenvalue weighted by atomic mass is 35.5. The second-order valence-corrected chi connectivity index (χ2v) is 33.1. The summed E-state index contributed by atoms with van der Waals surface area (Å²) in [7, 11) is 0. The standard InChI is InChI=1S/C17H16N4OS.C16H13ClN4OS.C14H12N4S.C10H22N2O.C8H17NO.C8H19N.C5H12.C2H2Cl2O.CH2Cl2.H2/c1-2-17(22)21-14-5-3-4-13(8-14)20-16-10-18-15(9-19-16)12-6-7-23-11-12;17-7-16(22)21-13-3-1-2-12(6-13)20-15-9-18-14(8-19-15)11-4-5-23-10-11;15-11-2-1-3-12(6-11)18-14-8-16-13(7-17-14)10-4-5-19-9-10;1-10(2,3)11-4-5-12-6-8-13-9-7-12;1-8(2,3)9-4-6-10-7-5-9;1-6-9(7-2)8(3,4)5;1-5(2,3)4;3-1-2(4)5;2-1-3;/h3-11H,2H2,1H3,(H,19,20)(H,21,22);1-6,8-10H,7H2,(H,19,20)(H,21,22);1-9H,15H2,(H,17,18);11H,4-9H2,1-3H3;4-7H2,1-3H3;6-7H2,1-5H3;1-4H3;1H2;1H2;1H. The highest BCUT2D eigenvalue weighted by molar-refractivity contribution is 7.08. The van der Waals surface area contributed by atoms with E-state index in [2.05, 4.69) is 186 Å². The summed E-state index contributed by atoms with van der Waals surface area (Å²) in [5.41, 5.74) is 17.6. The second-order valence-electron chi connectivity index (χ2n) is 29.0. The van der Waals surface area contributed by atoms with Crippen LogP contribution in [0, 0.1) is 5.41 Å². The SMILES string of the molecule is CC(C)(C)C.CC(C)(C)N1CCOCC1.CC(C)(C)NCCN1CCOCC1.CCC(=O)Nc1cccc(Nc2cnc(-c3ccsc3)cn2)c1.CCN(CC)C(C)(C)C.ClCCl.Nc1cccc(Nc2cnc(-c3ccsc3)cn2)c1.O=C(CCl)Nc1cccc(Nc2cnc(-c3ccsc3)cn2)c1.O=C(Cl)CCl.[HH]. The maximum Gasteiger partial charge on any atom is 0.239 e. The molecule has 8 N–H and O–H groups in total. The van der Waals surface area contributed by atoms with Gasteiger partial charge in [-0.2, -0.15) is 34.0 Å². The van der Waals surface area contributed by atoms with Crippen LogP contribution < -0.4 is 37.6 Å². The van der Waals surface area contributed by atoms with Gasteiger partial charge < -0.3 is 47.1 Å². The number of nitrogens with one attached hydrogen (secondary N) is 6. The molecule has 0 radical (unpaired) electrons. The van der Waals surface area contributed by atoms with E-state index in [1.807, 2.05) is 113 Å². The monoisotopic (exact) mass is 1660 g/mol. The molecule has 0 unspecified atom stereocenters. The molecular weight excluding hydrogens is 1550 g/mol. The Morgan fingerprint density at radius 3 is 1.16 bits per heavy atom. The van der Waals surface area contributed by atoms with Crippen molar-refractivity contribution in [2.75, 3.05) is 128 Å². The molecule has 21 nitrogen and oxygen atoms in total. The highest BCUT2D eigenvalue weighted by Gasteiger charge is 2.23. The predicted octanol–water partition coefficient (Wildman–Crippen LogP) is 20.6. The van der Waals surface area contributed by atoms with Crippen molar-refractivity contribution < 1.29 is 25.3 Å². The number of halogens is 5. The number of carbonyl (C=O) groups is 3. The minimum absolute atomic E-state index is 0. The van der Waals surface area contributed by atoms with Crippen LogP contribution in [0.2, 0.25) is 0 Å². The van der Waals surface area contributed by atoms with Crippen LogP contribution in [0.1, 0.15) is 119 Å². The van der Waals surface area contributed by atoms with Gasteiger partial charge in [-0.25, -0.2) is 15.0 Å². The molecule has 29 heteroatoms. The summed E-state index contributed by atoms with van der Waals surface area (Å²) in [4.78, 5) is 65.8. The predicted molar refractivity (Wildman–Crippen MR) is 473 cm³/mol. The highest BCUT2D eigenvalue weighted by Crippen LogP contribution is 2.26. The number of alkyl halides is 4. The lowest BCUT2D eigenvalue weighted by atomic mass is 10.0. The molecule has 0 bridgehead atoms. The average molecular weight is 1670 g/mol. The Labute approximate surface area is 692 Å². The summed E-state index contributed by atoms with van der Waals surface area (Å²) in [5.74, 6) is 1.55. The molecule has 110 heavy (non-hydrogen) atoms. The van der Waals surface area contributed by atoms with Gasteiger partial charge in [0.25, 0.3) is 0 Å². The molecule has 604 valence electrons. The first-order chi connectivity index (χ1) is 52.2. The number of thiophene rings is 3. The zero-order valence-electron chi connectivity index (χ0n) is 66.7. The molecule has 6 aromatic heterocycles. The van der Waals surface area contributed by atoms with Gasteiger partial charge in [0, 0.05) is 131 Å². The molecule has 0 spiro atoms. The number of anilines is 9. The van der Waals surface area contributed by atoms with Crippen LogP contribution in [0.25, 0.3) is 33.8 Å². The van der Waals surface area contributed by atoms with Gasteiger partial charge in [0.2, 0.25) is 17.1 Å². The first-order valence-corrected chi connectivity index (χ1v) is 41.6. The van der Waals surface area contributed by atoms with E-state index in [4.69, 9.17) is 73.2 Å². The number of ether oxygens (including phenoxy) is 2. The fraction of sp³-hybridized carbons (Fsp3) is 0.444. The number of aromatic nitrogens is 6. The van der Waals surface area contributed by atoms with Crippen LogP contribution in [0.3, 0.4) is 0 Å². The van der Waals surface area contributed by atoms with Crippen LogP contribution >= 0.6 is 92.0 Å². The van der Waals surface area contributed by atoms with E-state index < -0.39 is 5.24 Å². The Balaban J connectivity index is 0.000000448. The molecule has 2 amide bonds. The quantitative estimate of drug-likeness (QED) is 0.0226. The van der Waals surface area contributed by atoms with Crippen molar-refractivity contribution in [3.63, 3.8) is 0 Å². The number of benzene rings is 3. The molecule has 3 aromatic carbocycles. The minimum atomic E-state index is -0.508. The van der Waals surface area contributed by atoms with Crippen LogP contribution in [0.4, 0.5) is 51.6 Å². The summed E-state index contributed by atoms with van der Waals surface area (Å²) >= 11 is 29.5. The van der Waals surface area contributed by atoms with E-state index in [1.165, 1.54) is 0 Å². The molecule has 8 heterocycles. The van der Waals surface area contributed by atoms with Crippen molar-refractivity contribution >= 4 is 161 Å². The molecule has 11 rings (SSSR count). The lowest BCUT2D eigenvalue weighted by Gasteiger charge is -2.38. The number of nitrogen functional groups attached to an aromatic ring is 1. The fourth-order valence-electron chi connectivity index (χ4n) is 9.53. The molecule has 0 saturated carbocycles. The summed E-state index contributed by atoms with van der Waals surface area (Å²) in [5, 5.41) is 30.4. The summed E-state index contributed by atoms with van der Waals surface area (Å²) < 4.78 is 10.5. The lowest BCUT2D eigenvalue weighted by molar-refractivity contribution is -0.116. The van der Waals surface area contributed by atoms with E-state index in [-0.39, 0.29) is 35.9 Å². The smallest absolute Gasteiger partial charge is 0.239 e. The number of amides is 2. The zero-order valence-corrected chi connectivity index (χ0v) is 72.9. The molecular formula is C81H117Cl5N16O5S3. The van der Waals surface area contributed by atoms with E-state index >= 15 is 0 Å². The Kier molecular flexibility index (Phi) is 46.9. The first-order valence-electron chi connectivity index (χ1n) is 36.2. The molecule has 0 atom stereocenters. The molecule has 0 aliphatic carbocycles. The summed E-state index contributed by atoms with van der Waals surface area (Å²) in [6.45, 7) is 47.5. The second kappa shape index (κ2) is 53.1. The van der Waals surface area contributed by atoms with Crippen molar-refractivity contribution in [3.05, 3.63) is 160 Å². The van der Waals surface area contributed by atoms with Crippen molar-refractivity contribution in [3.8, 4) is 33.8 Å². The van der Waals surface area contributed by atoms with Crippen LogP contribution in [-0.4, -0.2) is 174 Å². The number of morpholine rings is 2. The third kappa shape index (κ3) is 44.3. The number of carbonyl (C=O) groups excluding carboxylic acids is 3. The summed E-state index contributed by atoms with van der Waals surface area (Å²) in [6, 6.07) is 28.4. The van der Waals surface area contributed by atoms with Gasteiger partial charge >= 0.3 is 0 Å². The van der Waals surface area contributed by atoms with Gasteiger partial charge in [0.1, 0.15) is 23.3 Å². The largest absolute Gasteiger partial charge is 0.399 e. The maximum atomic E-state index is 11.4. The van der Waals surface area contributed by atoms with Crippen LogP contribution in [0.15, 0.2) is 160 Å². The Bertz CT molecular complexity index is 3770. The van der Waals surface area contributed by atoms with Crippen molar-refractivity contribution in [2.24, 2.45) is 5.41 Å². The van der Waals surface area contributed by atoms with Gasteiger partial charge in [0.15, 0.2) is 0 Å². The molecule has 2 fully saturated rings. The Morgan fingerprint density at radius 1 is 0.518 bits per heavy atom. The van der Waals surface area contributed by atoms with E-state index in [1.54, 1.807) is 83.3 Å². The number of nitrogens with zero attached hydrogens (tertiary/aromatic N) is 9. The van der Waals surface area contributed by atoms with Gasteiger partial charge in [-0.05, 0) is 181 Å². The zero-order chi connectivity index (χ0) is 81.6.